The number of aryl methyl sites for hydroxylation is 1. The number of benzene rings is 2. The maximum absolute atomic E-state index is 13.6. The second-order valence-corrected chi connectivity index (χ2v) is 8.45. The van der Waals surface area contributed by atoms with Crippen LogP contribution < -0.4 is 31.2 Å². The van der Waals surface area contributed by atoms with Gasteiger partial charge in [-0.3, -0.25) is 19.7 Å². The first-order valence-corrected chi connectivity index (χ1v) is 10.8. The highest BCUT2D eigenvalue weighted by molar-refractivity contribution is 6.11. The maximum Gasteiger partial charge on any atom is 0.250 e. The molecule has 0 aromatic heterocycles. The SMILES string of the molecule is COc1ccc(OC)c(NC(=O)C2CC(CCC(N)=O)NC23C(=O)Nc2c(C)cccc23)c1. The number of anilines is 2. The zero-order chi connectivity index (χ0) is 23.8. The molecule has 0 aliphatic carbocycles. The summed E-state index contributed by atoms with van der Waals surface area (Å²) in [7, 11) is 3.05. The van der Waals surface area contributed by atoms with Gasteiger partial charge in [0, 0.05) is 29.8 Å². The number of hydrogen-bond acceptors (Lipinski definition) is 6. The molecule has 2 aromatic rings. The van der Waals surface area contributed by atoms with Crippen molar-refractivity contribution in [2.24, 2.45) is 11.7 Å². The molecule has 4 rings (SSSR count). The Bertz CT molecular complexity index is 1120. The van der Waals surface area contributed by atoms with Crippen molar-refractivity contribution in [2.75, 3.05) is 24.9 Å². The van der Waals surface area contributed by atoms with Crippen molar-refractivity contribution in [1.82, 2.24) is 5.32 Å². The fourth-order valence-electron chi connectivity index (χ4n) is 4.87. The number of carbonyl (C=O) groups excluding carboxylic acids is 3. The minimum atomic E-state index is -1.25. The lowest BCUT2D eigenvalue weighted by atomic mass is 9.79. The summed E-state index contributed by atoms with van der Waals surface area (Å²) in [6, 6.07) is 10.5. The predicted octanol–water partition coefficient (Wildman–Crippen LogP) is 2.04. The molecule has 33 heavy (non-hydrogen) atoms. The lowest BCUT2D eigenvalue weighted by Crippen LogP contribution is -2.52. The first-order valence-electron chi connectivity index (χ1n) is 10.8. The van der Waals surface area contributed by atoms with E-state index >= 15 is 0 Å². The summed E-state index contributed by atoms with van der Waals surface area (Å²) in [5, 5.41) is 9.27. The largest absolute Gasteiger partial charge is 0.497 e. The number of para-hydroxylation sites is 1. The number of rotatable bonds is 7. The van der Waals surface area contributed by atoms with E-state index in [-0.39, 0.29) is 24.3 Å². The lowest BCUT2D eigenvalue weighted by Gasteiger charge is -2.29. The van der Waals surface area contributed by atoms with Gasteiger partial charge in [0.2, 0.25) is 17.7 Å². The van der Waals surface area contributed by atoms with Crippen molar-refractivity contribution in [2.45, 2.75) is 37.8 Å². The van der Waals surface area contributed by atoms with E-state index in [1.165, 1.54) is 14.2 Å². The average molecular weight is 453 g/mol. The molecule has 0 saturated carbocycles. The number of methoxy groups -OCH3 is 2. The van der Waals surface area contributed by atoms with Gasteiger partial charge < -0.3 is 25.8 Å². The molecule has 2 aliphatic rings. The Morgan fingerprint density at radius 2 is 2.00 bits per heavy atom. The number of carbonyl (C=O) groups is 3. The van der Waals surface area contributed by atoms with Crippen LogP contribution in [0.3, 0.4) is 0 Å². The number of ether oxygens (including phenoxy) is 2. The van der Waals surface area contributed by atoms with Crippen LogP contribution in [0.4, 0.5) is 11.4 Å². The van der Waals surface area contributed by atoms with E-state index in [9.17, 15) is 14.4 Å². The minimum Gasteiger partial charge on any atom is -0.497 e. The fourth-order valence-corrected chi connectivity index (χ4v) is 4.87. The van der Waals surface area contributed by atoms with Crippen LogP contribution in [-0.2, 0) is 19.9 Å². The molecule has 5 N–H and O–H groups in total. The Morgan fingerprint density at radius 1 is 1.21 bits per heavy atom. The molecule has 3 unspecified atom stereocenters. The molecule has 2 heterocycles. The van der Waals surface area contributed by atoms with Crippen molar-refractivity contribution in [1.29, 1.82) is 0 Å². The van der Waals surface area contributed by atoms with E-state index in [0.717, 1.165) is 11.1 Å². The van der Waals surface area contributed by atoms with Crippen molar-refractivity contribution >= 4 is 29.1 Å². The Kier molecular flexibility index (Phi) is 5.99. The lowest BCUT2D eigenvalue weighted by molar-refractivity contribution is -0.130. The number of primary amides is 1. The Balaban J connectivity index is 1.72. The summed E-state index contributed by atoms with van der Waals surface area (Å²) in [6.45, 7) is 1.91. The van der Waals surface area contributed by atoms with Crippen molar-refractivity contribution in [3.05, 3.63) is 47.5 Å². The summed E-state index contributed by atoms with van der Waals surface area (Å²) in [4.78, 5) is 38.4. The van der Waals surface area contributed by atoms with Crippen molar-refractivity contribution < 1.29 is 23.9 Å². The zero-order valence-corrected chi connectivity index (χ0v) is 18.9. The monoisotopic (exact) mass is 452 g/mol. The van der Waals surface area contributed by atoms with Gasteiger partial charge in [0.25, 0.3) is 0 Å². The standard InChI is InChI=1S/C24H28N4O5/c1-13-5-4-6-16-21(13)27-23(31)24(16)17(11-14(28-24)7-10-20(25)29)22(30)26-18-12-15(32-2)8-9-19(18)33-3/h4-6,8-9,12,14,17,28H,7,10-11H2,1-3H3,(H2,25,29)(H,26,30)(H,27,31). The second kappa shape index (κ2) is 8.74. The summed E-state index contributed by atoms with van der Waals surface area (Å²) in [6.07, 6.45) is 0.956. The minimum absolute atomic E-state index is 0.161. The van der Waals surface area contributed by atoms with Gasteiger partial charge in [-0.05, 0) is 37.5 Å². The number of nitrogens with two attached hydrogens (primary N) is 1. The molecule has 2 aromatic carbocycles. The summed E-state index contributed by atoms with van der Waals surface area (Å²) in [5.74, 6) is -0.738. The van der Waals surface area contributed by atoms with E-state index in [1.54, 1.807) is 18.2 Å². The highest BCUT2D eigenvalue weighted by Gasteiger charge is 2.60. The fraction of sp³-hybridized carbons (Fsp3) is 0.375. The number of fused-ring (bicyclic) bond motifs is 2. The molecule has 0 bridgehead atoms. The summed E-state index contributed by atoms with van der Waals surface area (Å²) < 4.78 is 10.7. The van der Waals surface area contributed by atoms with Gasteiger partial charge in [-0.25, -0.2) is 0 Å². The molecule has 9 heteroatoms. The van der Waals surface area contributed by atoms with Gasteiger partial charge in [-0.1, -0.05) is 18.2 Å². The van der Waals surface area contributed by atoms with Crippen LogP contribution >= 0.6 is 0 Å². The number of hydrogen-bond donors (Lipinski definition) is 4. The number of amides is 3. The third-order valence-corrected chi connectivity index (χ3v) is 6.49. The molecule has 174 valence electrons. The molecule has 9 nitrogen and oxygen atoms in total. The van der Waals surface area contributed by atoms with Crippen LogP contribution in [0.25, 0.3) is 0 Å². The molecule has 3 atom stereocenters. The molecule has 0 radical (unpaired) electrons. The van der Waals surface area contributed by atoms with E-state index < -0.39 is 17.4 Å². The van der Waals surface area contributed by atoms with E-state index in [2.05, 4.69) is 16.0 Å². The van der Waals surface area contributed by atoms with Gasteiger partial charge >= 0.3 is 0 Å². The zero-order valence-electron chi connectivity index (χ0n) is 18.9. The molecule has 1 saturated heterocycles. The van der Waals surface area contributed by atoms with Crippen LogP contribution in [0.1, 0.15) is 30.4 Å². The van der Waals surface area contributed by atoms with Crippen LogP contribution in [0.15, 0.2) is 36.4 Å². The topological polar surface area (TPSA) is 132 Å². The Morgan fingerprint density at radius 3 is 2.70 bits per heavy atom. The first kappa shape index (κ1) is 22.6. The van der Waals surface area contributed by atoms with Gasteiger partial charge in [-0.2, -0.15) is 0 Å². The van der Waals surface area contributed by atoms with Crippen molar-refractivity contribution in [3.8, 4) is 11.5 Å². The summed E-state index contributed by atoms with van der Waals surface area (Å²) in [5.41, 5.74) is 6.89. The molecular formula is C24H28N4O5. The molecule has 2 aliphatic heterocycles. The molecule has 1 spiro atoms. The van der Waals surface area contributed by atoms with E-state index in [0.29, 0.717) is 35.7 Å². The van der Waals surface area contributed by atoms with Gasteiger partial charge in [0.1, 0.15) is 17.0 Å². The van der Waals surface area contributed by atoms with Crippen LogP contribution in [0.5, 0.6) is 11.5 Å². The average Bonchev–Trinajstić information content (AvgIpc) is 3.32. The second-order valence-electron chi connectivity index (χ2n) is 8.45. The highest BCUT2D eigenvalue weighted by atomic mass is 16.5. The van der Waals surface area contributed by atoms with E-state index in [1.807, 2.05) is 25.1 Å². The van der Waals surface area contributed by atoms with E-state index in [4.69, 9.17) is 15.2 Å². The Labute approximate surface area is 192 Å². The smallest absolute Gasteiger partial charge is 0.250 e. The van der Waals surface area contributed by atoms with Crippen LogP contribution in [-0.4, -0.2) is 38.0 Å². The third kappa shape index (κ3) is 3.89. The van der Waals surface area contributed by atoms with Crippen LogP contribution in [0.2, 0.25) is 0 Å². The Hall–Kier alpha value is -3.59. The third-order valence-electron chi connectivity index (χ3n) is 6.49. The first-order chi connectivity index (χ1) is 15.8. The molecular weight excluding hydrogens is 424 g/mol. The predicted molar refractivity (Wildman–Crippen MR) is 123 cm³/mol. The molecule has 1 fully saturated rings. The van der Waals surface area contributed by atoms with Gasteiger partial charge in [-0.15, -0.1) is 0 Å². The normalized spacial score (nSPS) is 23.2. The highest BCUT2D eigenvalue weighted by Crippen LogP contribution is 2.49. The van der Waals surface area contributed by atoms with Gasteiger partial charge in [0.05, 0.1) is 25.8 Å². The summed E-state index contributed by atoms with van der Waals surface area (Å²) >= 11 is 0. The van der Waals surface area contributed by atoms with Crippen LogP contribution in [0, 0.1) is 12.8 Å². The quantitative estimate of drug-likeness (QED) is 0.508. The van der Waals surface area contributed by atoms with Crippen molar-refractivity contribution in [3.63, 3.8) is 0 Å². The maximum atomic E-state index is 13.6. The number of nitrogens with one attached hydrogen (secondary N) is 3. The molecule has 3 amide bonds. The van der Waals surface area contributed by atoms with Gasteiger partial charge in [0.15, 0.2) is 0 Å².